The van der Waals surface area contributed by atoms with Crippen LogP contribution in [-0.4, -0.2) is 0 Å². The van der Waals surface area contributed by atoms with E-state index in [9.17, 15) is 0 Å². The molecule has 1 fully saturated rings. The van der Waals surface area contributed by atoms with Gasteiger partial charge in [0.15, 0.2) is 0 Å². The third-order valence-electron chi connectivity index (χ3n) is 4.50. The molecule has 0 aromatic heterocycles. The SMILES string of the molecule is c1ccc2c3c(ccc2c1)CCCC31CC1. The summed E-state index contributed by atoms with van der Waals surface area (Å²) in [6.45, 7) is 0. The van der Waals surface area contributed by atoms with Crippen molar-refractivity contribution in [3.63, 3.8) is 0 Å². The van der Waals surface area contributed by atoms with E-state index in [0.29, 0.717) is 5.41 Å². The number of benzene rings is 2. The summed E-state index contributed by atoms with van der Waals surface area (Å²) in [6, 6.07) is 13.6. The highest BCUT2D eigenvalue weighted by Gasteiger charge is 2.47. The van der Waals surface area contributed by atoms with Gasteiger partial charge in [-0.25, -0.2) is 0 Å². The van der Waals surface area contributed by atoms with Gasteiger partial charge in [0.05, 0.1) is 0 Å². The predicted octanol–water partition coefficient (Wildman–Crippen LogP) is 4.21. The Morgan fingerprint density at radius 2 is 1.75 bits per heavy atom. The van der Waals surface area contributed by atoms with Crippen LogP contribution in [0, 0.1) is 0 Å². The van der Waals surface area contributed by atoms with Gasteiger partial charge in [0, 0.05) is 0 Å². The lowest BCUT2D eigenvalue weighted by molar-refractivity contribution is 0.546. The molecular formula is C16H16. The average Bonchev–Trinajstić information content (AvgIpc) is 3.09. The zero-order valence-corrected chi connectivity index (χ0v) is 9.50. The number of hydrogen-bond acceptors (Lipinski definition) is 0. The normalized spacial score (nSPS) is 21.0. The van der Waals surface area contributed by atoms with Gasteiger partial charge in [-0.1, -0.05) is 36.4 Å². The first-order chi connectivity index (χ1) is 7.89. The fourth-order valence-corrected chi connectivity index (χ4v) is 3.54. The lowest BCUT2D eigenvalue weighted by atomic mass is 9.78. The van der Waals surface area contributed by atoms with E-state index in [4.69, 9.17) is 0 Å². The molecule has 1 saturated carbocycles. The van der Waals surface area contributed by atoms with Crippen LogP contribution < -0.4 is 0 Å². The predicted molar refractivity (Wildman–Crippen MR) is 67.8 cm³/mol. The lowest BCUT2D eigenvalue weighted by Gasteiger charge is -2.27. The van der Waals surface area contributed by atoms with Crippen LogP contribution in [-0.2, 0) is 11.8 Å². The standard InChI is InChI=1S/C16H16/c1-2-6-14-12(4-1)7-8-13-5-3-9-16(10-11-16)15(13)14/h1-2,4,6-8H,3,5,9-11H2. The molecule has 0 bridgehead atoms. The van der Waals surface area contributed by atoms with Crippen LogP contribution in [0.4, 0.5) is 0 Å². The number of rotatable bonds is 0. The molecule has 0 unspecified atom stereocenters. The largest absolute Gasteiger partial charge is 0.0616 e. The van der Waals surface area contributed by atoms with Crippen LogP contribution in [0.2, 0.25) is 0 Å². The Hall–Kier alpha value is -1.30. The highest BCUT2D eigenvalue weighted by atomic mass is 14.5. The Kier molecular flexibility index (Phi) is 1.59. The smallest absolute Gasteiger partial charge is 0.00373 e. The molecule has 0 N–H and O–H groups in total. The van der Waals surface area contributed by atoms with Crippen LogP contribution in [0.25, 0.3) is 10.8 Å². The van der Waals surface area contributed by atoms with Gasteiger partial charge >= 0.3 is 0 Å². The summed E-state index contributed by atoms with van der Waals surface area (Å²) in [5.41, 5.74) is 3.92. The maximum Gasteiger partial charge on any atom is -0.00373 e. The van der Waals surface area contributed by atoms with E-state index in [2.05, 4.69) is 36.4 Å². The van der Waals surface area contributed by atoms with E-state index in [0.717, 1.165) is 0 Å². The maximum absolute atomic E-state index is 2.37. The van der Waals surface area contributed by atoms with Gasteiger partial charge in [0.2, 0.25) is 0 Å². The van der Waals surface area contributed by atoms with Crippen molar-refractivity contribution < 1.29 is 0 Å². The van der Waals surface area contributed by atoms with Gasteiger partial charge in [0.1, 0.15) is 0 Å². The van der Waals surface area contributed by atoms with Gasteiger partial charge in [-0.2, -0.15) is 0 Å². The second-order valence-electron chi connectivity index (χ2n) is 5.45. The molecule has 0 atom stereocenters. The topological polar surface area (TPSA) is 0 Å². The van der Waals surface area contributed by atoms with Gasteiger partial charge in [-0.05, 0) is 59.4 Å². The molecular weight excluding hydrogens is 192 g/mol. The summed E-state index contributed by atoms with van der Waals surface area (Å²) in [4.78, 5) is 0. The third kappa shape index (κ3) is 1.05. The van der Waals surface area contributed by atoms with Crippen LogP contribution >= 0.6 is 0 Å². The maximum atomic E-state index is 2.37. The van der Waals surface area contributed by atoms with Crippen molar-refractivity contribution in [3.05, 3.63) is 47.5 Å². The molecule has 2 aromatic rings. The molecule has 0 amide bonds. The van der Waals surface area contributed by atoms with E-state index >= 15 is 0 Å². The zero-order valence-electron chi connectivity index (χ0n) is 9.50. The zero-order chi connectivity index (χ0) is 10.6. The quantitative estimate of drug-likeness (QED) is 0.608. The Bertz CT molecular complexity index is 561. The van der Waals surface area contributed by atoms with Crippen molar-refractivity contribution in [1.82, 2.24) is 0 Å². The van der Waals surface area contributed by atoms with Crippen LogP contribution in [0.1, 0.15) is 36.8 Å². The van der Waals surface area contributed by atoms with E-state index in [-0.39, 0.29) is 0 Å². The fraction of sp³-hybridized carbons (Fsp3) is 0.375. The minimum atomic E-state index is 0.592. The lowest BCUT2D eigenvalue weighted by Crippen LogP contribution is -2.16. The molecule has 0 heteroatoms. The minimum absolute atomic E-state index is 0.592. The van der Waals surface area contributed by atoms with Gasteiger partial charge in [-0.3, -0.25) is 0 Å². The van der Waals surface area contributed by atoms with Gasteiger partial charge < -0.3 is 0 Å². The summed E-state index contributed by atoms with van der Waals surface area (Å²) in [7, 11) is 0. The number of hydrogen-bond donors (Lipinski definition) is 0. The molecule has 0 heterocycles. The summed E-state index contributed by atoms with van der Waals surface area (Å²) >= 11 is 0. The average molecular weight is 208 g/mol. The van der Waals surface area contributed by atoms with Crippen molar-refractivity contribution >= 4 is 10.8 Å². The Morgan fingerprint density at radius 3 is 2.62 bits per heavy atom. The molecule has 0 radical (unpaired) electrons. The molecule has 0 saturated heterocycles. The summed E-state index contributed by atoms with van der Waals surface area (Å²) in [5, 5.41) is 2.95. The molecule has 4 rings (SSSR count). The number of fused-ring (bicyclic) bond motifs is 4. The van der Waals surface area contributed by atoms with Crippen molar-refractivity contribution in [3.8, 4) is 0 Å². The van der Waals surface area contributed by atoms with Crippen LogP contribution in [0.15, 0.2) is 36.4 Å². The first kappa shape index (κ1) is 8.81. The Morgan fingerprint density at radius 1 is 0.875 bits per heavy atom. The number of aryl methyl sites for hydroxylation is 1. The first-order valence-electron chi connectivity index (χ1n) is 6.40. The molecule has 16 heavy (non-hydrogen) atoms. The van der Waals surface area contributed by atoms with Crippen LogP contribution in [0.3, 0.4) is 0 Å². The molecule has 2 aliphatic carbocycles. The molecule has 0 nitrogen and oxygen atoms in total. The fourth-order valence-electron chi connectivity index (χ4n) is 3.54. The second-order valence-corrected chi connectivity index (χ2v) is 5.45. The monoisotopic (exact) mass is 208 g/mol. The molecule has 2 aliphatic rings. The molecule has 80 valence electrons. The van der Waals surface area contributed by atoms with E-state index < -0.39 is 0 Å². The third-order valence-corrected chi connectivity index (χ3v) is 4.50. The summed E-state index contributed by atoms with van der Waals surface area (Å²) < 4.78 is 0. The Labute approximate surface area is 96.3 Å². The van der Waals surface area contributed by atoms with E-state index in [1.165, 1.54) is 42.9 Å². The van der Waals surface area contributed by atoms with Gasteiger partial charge in [-0.15, -0.1) is 0 Å². The van der Waals surface area contributed by atoms with Crippen molar-refractivity contribution in [1.29, 1.82) is 0 Å². The first-order valence-corrected chi connectivity index (χ1v) is 6.40. The van der Waals surface area contributed by atoms with Gasteiger partial charge in [0.25, 0.3) is 0 Å². The highest BCUT2D eigenvalue weighted by Crippen LogP contribution is 2.57. The minimum Gasteiger partial charge on any atom is -0.0616 e. The summed E-state index contributed by atoms with van der Waals surface area (Å²) in [6.07, 6.45) is 6.96. The van der Waals surface area contributed by atoms with E-state index in [1.807, 2.05) is 0 Å². The van der Waals surface area contributed by atoms with Crippen molar-refractivity contribution in [2.24, 2.45) is 0 Å². The molecule has 1 spiro atoms. The van der Waals surface area contributed by atoms with E-state index in [1.54, 1.807) is 11.1 Å². The van der Waals surface area contributed by atoms with Crippen molar-refractivity contribution in [2.75, 3.05) is 0 Å². The Balaban J connectivity index is 2.11. The molecule has 0 aliphatic heterocycles. The summed E-state index contributed by atoms with van der Waals surface area (Å²) in [5.74, 6) is 0. The van der Waals surface area contributed by atoms with Crippen molar-refractivity contribution in [2.45, 2.75) is 37.5 Å². The molecule has 2 aromatic carbocycles. The second kappa shape index (κ2) is 2.88. The van der Waals surface area contributed by atoms with Crippen LogP contribution in [0.5, 0.6) is 0 Å². The highest BCUT2D eigenvalue weighted by molar-refractivity contribution is 5.88.